The molecule has 0 radical (unpaired) electrons. The van der Waals surface area contributed by atoms with Crippen LogP contribution in [0.15, 0.2) is 42.5 Å². The molecule has 1 N–H and O–H groups in total. The lowest BCUT2D eigenvalue weighted by Crippen LogP contribution is -2.52. The second-order valence-corrected chi connectivity index (χ2v) is 10.5. The minimum atomic E-state index is -3.81. The Balaban J connectivity index is 2.45. The first-order valence-electron chi connectivity index (χ1n) is 10.2. The lowest BCUT2D eigenvalue weighted by molar-refractivity contribution is -0.140. The monoisotopic (exact) mass is 533 g/mol. The molecular weight excluding hydrogens is 509 g/mol. The van der Waals surface area contributed by atoms with E-state index in [9.17, 15) is 18.0 Å². The van der Waals surface area contributed by atoms with Gasteiger partial charge in [-0.3, -0.25) is 13.9 Å². The van der Waals surface area contributed by atoms with E-state index in [1.54, 1.807) is 32.0 Å². The zero-order valence-electron chi connectivity index (χ0n) is 18.5. The van der Waals surface area contributed by atoms with Gasteiger partial charge in [0.1, 0.15) is 12.6 Å². The number of nitrogens with zero attached hydrogens (tertiary/aromatic N) is 2. The predicted octanol–water partition coefficient (Wildman–Crippen LogP) is 4.36. The first-order chi connectivity index (χ1) is 15.5. The van der Waals surface area contributed by atoms with Gasteiger partial charge < -0.3 is 10.2 Å². The number of hydrogen-bond donors (Lipinski definition) is 1. The Bertz CT molecular complexity index is 1090. The summed E-state index contributed by atoms with van der Waals surface area (Å²) >= 11 is 18.2. The molecule has 0 saturated heterocycles. The molecular formula is C22H26Cl3N3O4S. The molecule has 0 saturated carbocycles. The van der Waals surface area contributed by atoms with Crippen molar-refractivity contribution in [3.05, 3.63) is 63.1 Å². The summed E-state index contributed by atoms with van der Waals surface area (Å²) in [5.41, 5.74) is 0.861. The Kier molecular flexibility index (Phi) is 9.84. The summed E-state index contributed by atoms with van der Waals surface area (Å²) in [6.07, 6.45) is 1.33. The minimum absolute atomic E-state index is 0.00267. The molecule has 0 bridgehead atoms. The zero-order valence-corrected chi connectivity index (χ0v) is 21.6. The van der Waals surface area contributed by atoms with Gasteiger partial charge in [-0.2, -0.15) is 0 Å². The van der Waals surface area contributed by atoms with E-state index in [1.165, 1.54) is 29.2 Å². The van der Waals surface area contributed by atoms with Crippen LogP contribution in [0.3, 0.4) is 0 Å². The quantitative estimate of drug-likeness (QED) is 0.491. The van der Waals surface area contributed by atoms with E-state index in [-0.39, 0.29) is 18.1 Å². The number of benzene rings is 2. The van der Waals surface area contributed by atoms with Crippen molar-refractivity contribution in [3.8, 4) is 0 Å². The number of anilines is 1. The summed E-state index contributed by atoms with van der Waals surface area (Å²) in [4.78, 5) is 27.6. The van der Waals surface area contributed by atoms with E-state index in [0.29, 0.717) is 33.6 Å². The number of amides is 2. The standard InChI is InChI=1S/C22H26Cl3N3O4S/c1-4-20(22(30)26-5-2)27(13-15-6-7-17(24)12-19(15)25)21(29)14-28(33(3,31)32)18-10-8-16(23)9-11-18/h6-12,20H,4-5,13-14H2,1-3H3,(H,26,30). The van der Waals surface area contributed by atoms with Gasteiger partial charge in [-0.05, 0) is 55.3 Å². The second kappa shape index (κ2) is 11.9. The molecule has 2 aromatic carbocycles. The third kappa shape index (κ3) is 7.50. The highest BCUT2D eigenvalue weighted by Crippen LogP contribution is 2.25. The first-order valence-corrected chi connectivity index (χ1v) is 13.2. The van der Waals surface area contributed by atoms with Gasteiger partial charge >= 0.3 is 0 Å². The van der Waals surface area contributed by atoms with Crippen LogP contribution < -0.4 is 9.62 Å². The molecule has 0 aliphatic carbocycles. The van der Waals surface area contributed by atoms with Crippen LogP contribution in [0.5, 0.6) is 0 Å². The number of halogens is 3. The fourth-order valence-corrected chi connectivity index (χ4v) is 4.71. The number of sulfonamides is 1. The van der Waals surface area contributed by atoms with Gasteiger partial charge in [0.25, 0.3) is 0 Å². The molecule has 0 fully saturated rings. The highest BCUT2D eigenvalue weighted by Gasteiger charge is 2.31. The molecule has 1 atom stereocenters. The van der Waals surface area contributed by atoms with Crippen molar-refractivity contribution in [3.63, 3.8) is 0 Å². The molecule has 180 valence electrons. The summed E-state index contributed by atoms with van der Waals surface area (Å²) in [5.74, 6) is -0.893. The fourth-order valence-electron chi connectivity index (χ4n) is 3.27. The number of carbonyl (C=O) groups excluding carboxylic acids is 2. The smallest absolute Gasteiger partial charge is 0.244 e. The van der Waals surface area contributed by atoms with Crippen molar-refractivity contribution in [2.75, 3.05) is 23.7 Å². The van der Waals surface area contributed by atoms with Crippen molar-refractivity contribution >= 4 is 62.3 Å². The van der Waals surface area contributed by atoms with Crippen LogP contribution in [0.1, 0.15) is 25.8 Å². The Labute approximate surface area is 209 Å². The molecule has 0 aromatic heterocycles. The molecule has 2 rings (SSSR count). The van der Waals surface area contributed by atoms with Gasteiger partial charge in [-0.25, -0.2) is 8.42 Å². The highest BCUT2D eigenvalue weighted by molar-refractivity contribution is 7.92. The minimum Gasteiger partial charge on any atom is -0.355 e. The first kappa shape index (κ1) is 27.2. The summed E-state index contributed by atoms with van der Waals surface area (Å²) in [7, 11) is -3.81. The van der Waals surface area contributed by atoms with Crippen molar-refractivity contribution in [2.24, 2.45) is 0 Å². The third-order valence-corrected chi connectivity index (χ3v) is 6.87. The van der Waals surface area contributed by atoms with Crippen LogP contribution in [0.2, 0.25) is 15.1 Å². The maximum Gasteiger partial charge on any atom is 0.244 e. The van der Waals surface area contributed by atoms with Crippen molar-refractivity contribution in [1.82, 2.24) is 10.2 Å². The Morgan fingerprint density at radius 3 is 2.12 bits per heavy atom. The van der Waals surface area contributed by atoms with E-state index >= 15 is 0 Å². The summed E-state index contributed by atoms with van der Waals surface area (Å²) in [6.45, 7) is 3.44. The maximum atomic E-state index is 13.5. The van der Waals surface area contributed by atoms with Crippen LogP contribution in [0.25, 0.3) is 0 Å². The van der Waals surface area contributed by atoms with Crippen molar-refractivity contribution < 1.29 is 18.0 Å². The van der Waals surface area contributed by atoms with E-state index in [1.807, 2.05) is 0 Å². The Morgan fingerprint density at radius 2 is 1.61 bits per heavy atom. The van der Waals surface area contributed by atoms with Crippen LogP contribution >= 0.6 is 34.8 Å². The second-order valence-electron chi connectivity index (χ2n) is 7.32. The molecule has 0 aliphatic heterocycles. The molecule has 0 spiro atoms. The largest absolute Gasteiger partial charge is 0.355 e. The number of hydrogen-bond acceptors (Lipinski definition) is 4. The van der Waals surface area contributed by atoms with Crippen LogP contribution in [-0.2, 0) is 26.2 Å². The molecule has 33 heavy (non-hydrogen) atoms. The van der Waals surface area contributed by atoms with Crippen molar-refractivity contribution in [2.45, 2.75) is 32.9 Å². The van der Waals surface area contributed by atoms with Gasteiger partial charge in [-0.15, -0.1) is 0 Å². The number of carbonyl (C=O) groups is 2. The number of rotatable bonds is 10. The van der Waals surface area contributed by atoms with E-state index < -0.39 is 28.5 Å². The zero-order chi connectivity index (χ0) is 24.8. The molecule has 2 amide bonds. The molecule has 7 nitrogen and oxygen atoms in total. The van der Waals surface area contributed by atoms with E-state index in [2.05, 4.69) is 5.32 Å². The maximum absolute atomic E-state index is 13.5. The van der Waals surface area contributed by atoms with Gasteiger partial charge in [0, 0.05) is 28.2 Å². The van der Waals surface area contributed by atoms with Gasteiger partial charge in [0.15, 0.2) is 0 Å². The van der Waals surface area contributed by atoms with E-state index in [0.717, 1.165) is 10.6 Å². The van der Waals surface area contributed by atoms with Crippen LogP contribution in [0.4, 0.5) is 5.69 Å². The molecule has 0 heterocycles. The van der Waals surface area contributed by atoms with Crippen LogP contribution in [0, 0.1) is 0 Å². The third-order valence-electron chi connectivity index (χ3n) is 4.89. The SMILES string of the molecule is CCNC(=O)C(CC)N(Cc1ccc(Cl)cc1Cl)C(=O)CN(c1ccc(Cl)cc1)S(C)(=O)=O. The Morgan fingerprint density at radius 1 is 1.00 bits per heavy atom. The summed E-state index contributed by atoms with van der Waals surface area (Å²) in [6, 6.07) is 10.1. The molecule has 11 heteroatoms. The highest BCUT2D eigenvalue weighted by atomic mass is 35.5. The van der Waals surface area contributed by atoms with Crippen LogP contribution in [-0.4, -0.2) is 50.5 Å². The summed E-state index contributed by atoms with van der Waals surface area (Å²) in [5, 5.41) is 3.93. The van der Waals surface area contributed by atoms with E-state index in [4.69, 9.17) is 34.8 Å². The molecule has 0 aliphatic rings. The molecule has 2 aromatic rings. The van der Waals surface area contributed by atoms with Gasteiger partial charge in [-0.1, -0.05) is 47.8 Å². The average Bonchev–Trinajstić information content (AvgIpc) is 2.73. The normalized spacial score (nSPS) is 12.2. The predicted molar refractivity (Wildman–Crippen MR) is 133 cm³/mol. The number of likely N-dealkylation sites (N-methyl/N-ethyl adjacent to an activating group) is 1. The van der Waals surface area contributed by atoms with Gasteiger partial charge in [0.2, 0.25) is 21.8 Å². The lowest BCUT2D eigenvalue weighted by atomic mass is 10.1. The van der Waals surface area contributed by atoms with Gasteiger partial charge in [0.05, 0.1) is 11.9 Å². The molecule has 1 unspecified atom stereocenters. The average molecular weight is 535 g/mol. The number of nitrogens with one attached hydrogen (secondary N) is 1. The lowest BCUT2D eigenvalue weighted by Gasteiger charge is -2.33. The topological polar surface area (TPSA) is 86.8 Å². The summed E-state index contributed by atoms with van der Waals surface area (Å²) < 4.78 is 26.0. The van der Waals surface area contributed by atoms with Crippen molar-refractivity contribution in [1.29, 1.82) is 0 Å². The fraction of sp³-hybridized carbons (Fsp3) is 0.364. The Hall–Kier alpha value is -2.00.